The molecule has 0 atom stereocenters. The zero-order chi connectivity index (χ0) is 20.5. The fraction of sp³-hybridized carbons (Fsp3) is 0.222. The lowest BCUT2D eigenvalue weighted by Crippen LogP contribution is -2.00. The van der Waals surface area contributed by atoms with Gasteiger partial charge in [0.05, 0.1) is 0 Å². The number of hydrogen-bond donors (Lipinski definition) is 1. The first-order valence-corrected chi connectivity index (χ1v) is 10.2. The topological polar surface area (TPSA) is 37.3 Å². The van der Waals surface area contributed by atoms with Gasteiger partial charge in [-0.3, -0.25) is 4.79 Å². The fourth-order valence-electron chi connectivity index (χ4n) is 4.22. The summed E-state index contributed by atoms with van der Waals surface area (Å²) in [6.45, 7) is 5.69. The molecule has 1 aliphatic rings. The van der Waals surface area contributed by atoms with E-state index in [9.17, 15) is 9.90 Å². The minimum absolute atomic E-state index is 0.0920. The quantitative estimate of drug-likeness (QED) is 0.525. The number of carbonyl (C=O) groups excluding carboxylic acids is 1. The third kappa shape index (κ3) is 3.75. The highest BCUT2D eigenvalue weighted by Gasteiger charge is 2.22. The van der Waals surface area contributed by atoms with Crippen LogP contribution in [0.25, 0.3) is 11.1 Å². The molecule has 3 aromatic carbocycles. The largest absolute Gasteiger partial charge is 0.507 e. The summed E-state index contributed by atoms with van der Waals surface area (Å²) in [5.41, 5.74) is 9.75. The number of carbonyl (C=O) groups is 1. The van der Waals surface area contributed by atoms with Crippen LogP contribution in [0, 0.1) is 13.8 Å². The first-order chi connectivity index (χ1) is 13.9. The zero-order valence-corrected chi connectivity index (χ0v) is 17.3. The van der Waals surface area contributed by atoms with Gasteiger partial charge in [0.15, 0.2) is 5.78 Å². The average Bonchev–Trinajstić information content (AvgIpc) is 2.87. The Labute approximate surface area is 172 Å². The molecule has 0 amide bonds. The molecule has 146 valence electrons. The van der Waals surface area contributed by atoms with Crippen LogP contribution in [0.1, 0.15) is 63.5 Å². The average molecular weight is 383 g/mol. The van der Waals surface area contributed by atoms with Crippen LogP contribution in [0.5, 0.6) is 5.75 Å². The van der Waals surface area contributed by atoms with Gasteiger partial charge in [-0.2, -0.15) is 0 Å². The van der Waals surface area contributed by atoms with Crippen molar-refractivity contribution in [2.45, 2.75) is 40.0 Å². The standard InChI is InChI=1S/C27H26O2/c1-17-7-10-20(11-8-17)27-23-14-12-21(19(3)28)16-22(23)5-4-6-25(27)24-13-9-18(2)15-26(24)29/h7-16,29H,4-6H2,1-3H3. The van der Waals surface area contributed by atoms with Crippen molar-refractivity contribution in [2.75, 3.05) is 0 Å². The third-order valence-electron chi connectivity index (χ3n) is 5.77. The molecule has 0 saturated heterocycles. The minimum atomic E-state index is 0.0920. The number of fused-ring (bicyclic) bond motifs is 1. The number of aromatic hydroxyl groups is 1. The summed E-state index contributed by atoms with van der Waals surface area (Å²) in [6.07, 6.45) is 2.78. The van der Waals surface area contributed by atoms with Crippen molar-refractivity contribution in [1.29, 1.82) is 0 Å². The normalized spacial score (nSPS) is 13.8. The molecule has 1 aliphatic carbocycles. The summed E-state index contributed by atoms with van der Waals surface area (Å²) in [6, 6.07) is 20.5. The smallest absolute Gasteiger partial charge is 0.159 e. The van der Waals surface area contributed by atoms with E-state index in [2.05, 4.69) is 43.3 Å². The molecule has 3 aromatic rings. The Bertz CT molecular complexity index is 1120. The van der Waals surface area contributed by atoms with Crippen molar-refractivity contribution < 1.29 is 9.90 Å². The molecule has 0 aliphatic heterocycles. The van der Waals surface area contributed by atoms with Gasteiger partial charge in [0.1, 0.15) is 5.75 Å². The van der Waals surface area contributed by atoms with E-state index in [0.717, 1.165) is 52.7 Å². The molecule has 2 heteroatoms. The second-order valence-electron chi connectivity index (χ2n) is 8.02. The molecule has 2 nitrogen and oxygen atoms in total. The number of ketones is 1. The molecule has 1 N–H and O–H groups in total. The molecule has 0 fully saturated rings. The summed E-state index contributed by atoms with van der Waals surface area (Å²) < 4.78 is 0. The molecule has 0 heterocycles. The lowest BCUT2D eigenvalue weighted by atomic mass is 9.86. The van der Waals surface area contributed by atoms with Gasteiger partial charge >= 0.3 is 0 Å². The van der Waals surface area contributed by atoms with Crippen LogP contribution < -0.4 is 0 Å². The maximum absolute atomic E-state index is 11.9. The van der Waals surface area contributed by atoms with Crippen LogP contribution in [0.15, 0.2) is 60.7 Å². The lowest BCUT2D eigenvalue weighted by molar-refractivity contribution is 0.101. The summed E-state index contributed by atoms with van der Waals surface area (Å²) in [5.74, 6) is 0.419. The van der Waals surface area contributed by atoms with E-state index in [1.807, 2.05) is 31.2 Å². The number of phenols is 1. The zero-order valence-electron chi connectivity index (χ0n) is 17.3. The molecule has 4 rings (SSSR count). The van der Waals surface area contributed by atoms with Gasteiger partial charge in [-0.1, -0.05) is 54.1 Å². The Balaban J connectivity index is 2.02. The number of allylic oxidation sites excluding steroid dienone is 1. The molecular weight excluding hydrogens is 356 g/mol. The number of phenolic OH excluding ortho intramolecular Hbond substituents is 1. The molecule has 0 unspecified atom stereocenters. The van der Waals surface area contributed by atoms with Crippen LogP contribution >= 0.6 is 0 Å². The van der Waals surface area contributed by atoms with Crippen molar-refractivity contribution in [1.82, 2.24) is 0 Å². The molecule has 0 bridgehead atoms. The summed E-state index contributed by atoms with van der Waals surface area (Å²) >= 11 is 0. The van der Waals surface area contributed by atoms with Crippen LogP contribution in [0.2, 0.25) is 0 Å². The van der Waals surface area contributed by atoms with Crippen molar-refractivity contribution in [3.63, 3.8) is 0 Å². The van der Waals surface area contributed by atoms with Crippen LogP contribution in [-0.2, 0) is 6.42 Å². The second kappa shape index (κ2) is 7.71. The van der Waals surface area contributed by atoms with Gasteiger partial charge < -0.3 is 5.11 Å². The van der Waals surface area contributed by atoms with E-state index >= 15 is 0 Å². The van der Waals surface area contributed by atoms with Gasteiger partial charge in [-0.05, 0) is 85.6 Å². The van der Waals surface area contributed by atoms with E-state index in [4.69, 9.17) is 0 Å². The van der Waals surface area contributed by atoms with E-state index in [-0.39, 0.29) is 5.78 Å². The van der Waals surface area contributed by atoms with E-state index in [1.54, 1.807) is 6.92 Å². The van der Waals surface area contributed by atoms with Crippen LogP contribution in [0.3, 0.4) is 0 Å². The van der Waals surface area contributed by atoms with Crippen LogP contribution in [-0.4, -0.2) is 10.9 Å². The highest BCUT2D eigenvalue weighted by Crippen LogP contribution is 2.42. The Morgan fingerprint density at radius 1 is 0.828 bits per heavy atom. The maximum Gasteiger partial charge on any atom is 0.159 e. The predicted molar refractivity (Wildman–Crippen MR) is 119 cm³/mol. The van der Waals surface area contributed by atoms with Gasteiger partial charge in [0, 0.05) is 11.1 Å². The monoisotopic (exact) mass is 382 g/mol. The number of rotatable bonds is 3. The predicted octanol–water partition coefficient (Wildman–Crippen LogP) is 6.51. The Morgan fingerprint density at radius 2 is 1.52 bits per heavy atom. The number of hydrogen-bond acceptors (Lipinski definition) is 2. The molecule has 0 spiro atoms. The third-order valence-corrected chi connectivity index (χ3v) is 5.77. The molecule has 0 radical (unpaired) electrons. The van der Waals surface area contributed by atoms with E-state index in [0.29, 0.717) is 5.75 Å². The van der Waals surface area contributed by atoms with Crippen LogP contribution in [0.4, 0.5) is 0 Å². The summed E-state index contributed by atoms with van der Waals surface area (Å²) in [7, 11) is 0. The first-order valence-electron chi connectivity index (χ1n) is 10.2. The molecule has 0 saturated carbocycles. The SMILES string of the molecule is CC(=O)c1ccc2c(c1)CCCC(c1ccc(C)cc1O)=C2c1ccc(C)cc1. The second-order valence-corrected chi connectivity index (χ2v) is 8.02. The van der Waals surface area contributed by atoms with E-state index < -0.39 is 0 Å². The van der Waals surface area contributed by atoms with Gasteiger partial charge in [0.25, 0.3) is 0 Å². The number of aryl methyl sites for hydroxylation is 3. The summed E-state index contributed by atoms with van der Waals surface area (Å²) in [4.78, 5) is 11.9. The summed E-state index contributed by atoms with van der Waals surface area (Å²) in [5, 5.41) is 10.7. The highest BCUT2D eigenvalue weighted by atomic mass is 16.3. The molecule has 29 heavy (non-hydrogen) atoms. The molecular formula is C27H26O2. The highest BCUT2D eigenvalue weighted by molar-refractivity contribution is 6.02. The van der Waals surface area contributed by atoms with Crippen molar-refractivity contribution >= 4 is 16.9 Å². The lowest BCUT2D eigenvalue weighted by Gasteiger charge is -2.18. The maximum atomic E-state index is 11.9. The number of benzene rings is 3. The van der Waals surface area contributed by atoms with Crippen molar-refractivity contribution in [2.24, 2.45) is 0 Å². The fourth-order valence-corrected chi connectivity index (χ4v) is 4.22. The Kier molecular flexibility index (Phi) is 5.10. The van der Waals surface area contributed by atoms with E-state index in [1.165, 1.54) is 16.7 Å². The van der Waals surface area contributed by atoms with Gasteiger partial charge in [-0.15, -0.1) is 0 Å². The van der Waals surface area contributed by atoms with Crippen molar-refractivity contribution in [3.05, 3.63) is 99.6 Å². The van der Waals surface area contributed by atoms with Gasteiger partial charge in [-0.25, -0.2) is 0 Å². The minimum Gasteiger partial charge on any atom is -0.507 e. The first kappa shape index (κ1) is 19.2. The number of Topliss-reactive ketones (excluding diaryl/α,β-unsaturated/α-hetero) is 1. The Hall–Kier alpha value is -3.13. The van der Waals surface area contributed by atoms with Crippen molar-refractivity contribution in [3.8, 4) is 5.75 Å². The Morgan fingerprint density at radius 3 is 2.21 bits per heavy atom. The van der Waals surface area contributed by atoms with Gasteiger partial charge in [0.2, 0.25) is 0 Å². The molecule has 0 aromatic heterocycles.